The lowest BCUT2D eigenvalue weighted by Gasteiger charge is -2.36. The molecule has 448 valence electrons. The number of carboxylic acids is 1. The van der Waals surface area contributed by atoms with Crippen molar-refractivity contribution in [3.05, 3.63) is 58.7 Å². The van der Waals surface area contributed by atoms with Gasteiger partial charge in [0.25, 0.3) is 12.2 Å². The Kier molecular flexibility index (Phi) is 19.1. The second-order valence-corrected chi connectivity index (χ2v) is 22.7. The van der Waals surface area contributed by atoms with Crippen LogP contribution in [0.25, 0.3) is 0 Å². The van der Waals surface area contributed by atoms with Gasteiger partial charge in [-0.2, -0.15) is 52.7 Å². The number of carbonyl (C=O) groups excluding carboxylic acids is 3. The summed E-state index contributed by atoms with van der Waals surface area (Å²) < 4.78 is 166. The topological polar surface area (TPSA) is 142 Å². The average Bonchev–Trinajstić information content (AvgIpc) is 4.15. The van der Waals surface area contributed by atoms with E-state index in [-0.39, 0.29) is 71.4 Å². The fourth-order valence-electron chi connectivity index (χ4n) is 11.4. The van der Waals surface area contributed by atoms with Gasteiger partial charge in [0.15, 0.2) is 0 Å². The molecule has 2 aromatic carbocycles. The van der Waals surface area contributed by atoms with E-state index in [1.54, 1.807) is 0 Å². The molecule has 16 nitrogen and oxygen atoms in total. The molecule has 6 saturated heterocycles. The molecule has 8 rings (SSSR count). The van der Waals surface area contributed by atoms with Crippen LogP contribution in [0.3, 0.4) is 0 Å². The number of esters is 1. The van der Waals surface area contributed by atoms with Crippen molar-refractivity contribution >= 4 is 35.5 Å². The minimum absolute atomic E-state index is 0.0370. The van der Waals surface area contributed by atoms with Gasteiger partial charge >= 0.3 is 48.8 Å². The van der Waals surface area contributed by atoms with Gasteiger partial charge in [-0.25, -0.2) is 9.59 Å². The number of carboxylic acid groups (broad SMARTS) is 1. The van der Waals surface area contributed by atoms with E-state index in [0.29, 0.717) is 36.8 Å². The zero-order valence-electron chi connectivity index (χ0n) is 45.0. The van der Waals surface area contributed by atoms with Crippen molar-refractivity contribution in [1.82, 2.24) is 29.4 Å². The molecule has 6 aliphatic heterocycles. The molecule has 28 heteroatoms. The number of likely N-dealkylation sites (tertiary alicyclic amines) is 2. The molecular formula is C52H68F12N8O8. The first-order chi connectivity index (χ1) is 37.1. The fourth-order valence-corrected chi connectivity index (χ4v) is 11.4. The number of benzene rings is 2. The highest BCUT2D eigenvalue weighted by Gasteiger charge is 2.61. The van der Waals surface area contributed by atoms with Gasteiger partial charge in [-0.3, -0.25) is 29.2 Å². The quantitative estimate of drug-likeness (QED) is 0.126. The predicted molar refractivity (Wildman–Crippen MR) is 266 cm³/mol. The molecule has 2 aromatic rings. The highest BCUT2D eigenvalue weighted by molar-refractivity contribution is 5.72. The first-order valence-electron chi connectivity index (χ1n) is 26.3. The van der Waals surface area contributed by atoms with Crippen LogP contribution >= 0.6 is 0 Å². The highest BCUT2D eigenvalue weighted by atomic mass is 19.4. The predicted octanol–water partition coefficient (Wildman–Crippen LogP) is 7.65. The molecule has 0 spiro atoms. The van der Waals surface area contributed by atoms with Crippen molar-refractivity contribution in [2.45, 2.75) is 90.2 Å². The number of ether oxygens (including phenoxy) is 3. The summed E-state index contributed by atoms with van der Waals surface area (Å²) in [4.78, 5) is 62.0. The van der Waals surface area contributed by atoms with Gasteiger partial charge in [0.05, 0.1) is 13.1 Å². The van der Waals surface area contributed by atoms with Gasteiger partial charge in [0, 0.05) is 129 Å². The van der Waals surface area contributed by atoms with Crippen LogP contribution in [0, 0.1) is 37.5 Å². The zero-order chi connectivity index (χ0) is 58.9. The van der Waals surface area contributed by atoms with Crippen molar-refractivity contribution in [2.75, 3.05) is 128 Å². The number of halogens is 12. The largest absolute Gasteiger partial charge is 0.480 e. The van der Waals surface area contributed by atoms with Crippen molar-refractivity contribution in [3.63, 3.8) is 0 Å². The van der Waals surface area contributed by atoms with E-state index >= 15 is 0 Å². The summed E-state index contributed by atoms with van der Waals surface area (Å²) in [6, 6.07) is 12.2. The van der Waals surface area contributed by atoms with Crippen molar-refractivity contribution in [1.29, 1.82) is 0 Å². The van der Waals surface area contributed by atoms with Crippen molar-refractivity contribution in [2.24, 2.45) is 23.7 Å². The Morgan fingerprint density at radius 1 is 0.500 bits per heavy atom. The summed E-state index contributed by atoms with van der Waals surface area (Å²) in [5.41, 5.74) is 5.87. The molecular weight excluding hydrogens is 1090 g/mol. The number of piperazine rings is 2. The number of anilines is 2. The lowest BCUT2D eigenvalue weighted by Crippen LogP contribution is -2.52. The minimum atomic E-state index is -5.75. The number of hydrogen-bond donors (Lipinski definition) is 1. The van der Waals surface area contributed by atoms with E-state index in [4.69, 9.17) is 9.84 Å². The standard InChI is InChI=1S/C28H38F6N4O4.C24H30F6N4O4/c1-18-5-6-19(12-35-7-9-37(10-8-35)25(40)41-24(27(29,30)31)28(32,33)34)22(11-18)38-15-20-13-36(14-21(20)16-38)17-23(39)42-26(2,3)4;1-15-2-3-16(19(8-15)34-12-17-10-32(14-20(35)36)11-18(17)13-34)9-31-4-6-33(7-5-31)22(37)38-21(23(25,26)27)24(28,29)30/h5-6,11,20-21,24H,7-10,12-17H2,1-4H3;2-3,8,17-18,21H,4-7,9-14H2,1H3,(H,35,36). The third kappa shape index (κ3) is 16.6. The highest BCUT2D eigenvalue weighted by Crippen LogP contribution is 2.40. The molecule has 2 amide bonds. The molecule has 0 radical (unpaired) electrons. The Balaban J connectivity index is 0.000000232. The summed E-state index contributed by atoms with van der Waals surface area (Å²) in [6.45, 7) is 18.1. The third-order valence-electron chi connectivity index (χ3n) is 15.1. The molecule has 0 aliphatic carbocycles. The van der Waals surface area contributed by atoms with Crippen LogP contribution in [0.5, 0.6) is 0 Å². The number of carbonyl (C=O) groups is 4. The van der Waals surface area contributed by atoms with Crippen LogP contribution < -0.4 is 9.80 Å². The molecule has 1 N–H and O–H groups in total. The Morgan fingerprint density at radius 2 is 0.825 bits per heavy atom. The maximum atomic E-state index is 12.8. The Hall–Kier alpha value is -5.48. The number of alkyl halides is 12. The first kappa shape index (κ1) is 62.1. The van der Waals surface area contributed by atoms with Crippen LogP contribution in [0.2, 0.25) is 0 Å². The average molecular weight is 1160 g/mol. The van der Waals surface area contributed by atoms with E-state index < -0.39 is 60.7 Å². The maximum Gasteiger partial charge on any atom is 0.434 e. The lowest BCUT2D eigenvalue weighted by molar-refractivity contribution is -0.309. The lowest BCUT2D eigenvalue weighted by atomic mass is 10.0. The van der Waals surface area contributed by atoms with E-state index in [2.05, 4.69) is 36.3 Å². The third-order valence-corrected chi connectivity index (χ3v) is 15.1. The van der Waals surface area contributed by atoms with Crippen LogP contribution in [0.4, 0.5) is 73.6 Å². The Morgan fingerprint density at radius 3 is 1.12 bits per heavy atom. The summed E-state index contributed by atoms with van der Waals surface area (Å²) in [5.74, 6) is 0.495. The van der Waals surface area contributed by atoms with E-state index in [0.717, 1.165) is 95.8 Å². The normalized spacial score (nSPS) is 22.9. The summed E-state index contributed by atoms with van der Waals surface area (Å²) in [7, 11) is 0. The van der Waals surface area contributed by atoms with Gasteiger partial charge in [0.2, 0.25) is 0 Å². The Bertz CT molecular complexity index is 2440. The SMILES string of the molecule is Cc1ccc(CN2CCN(C(=O)OC(C(F)(F)F)C(F)(F)F)CC2)c(N2CC3CN(CC(=O)O)CC3C2)c1.Cc1ccc(CN2CCN(C(=O)OC(C(F)(F)F)C(F)(F)F)CC2)c(N2CC3CN(CC(=O)OC(C)(C)C)CC3C2)c1. The monoisotopic (exact) mass is 1160 g/mol. The van der Waals surface area contributed by atoms with Crippen LogP contribution in [0.15, 0.2) is 36.4 Å². The van der Waals surface area contributed by atoms with Gasteiger partial charge in [-0.1, -0.05) is 24.3 Å². The second-order valence-electron chi connectivity index (χ2n) is 22.7. The molecule has 4 unspecified atom stereocenters. The Labute approximate surface area is 455 Å². The van der Waals surface area contributed by atoms with Crippen LogP contribution in [-0.4, -0.2) is 219 Å². The van der Waals surface area contributed by atoms with E-state index in [1.165, 1.54) is 0 Å². The number of hydrogen-bond acceptors (Lipinski definition) is 13. The minimum Gasteiger partial charge on any atom is -0.480 e. The van der Waals surface area contributed by atoms with Gasteiger partial charge in [-0.05, 0) is 92.7 Å². The van der Waals surface area contributed by atoms with Crippen LogP contribution in [-0.2, 0) is 36.9 Å². The number of aliphatic carboxylic acids is 1. The number of fused-ring (bicyclic) bond motifs is 2. The number of nitrogens with zero attached hydrogens (tertiary/aromatic N) is 8. The molecule has 6 aliphatic rings. The maximum absolute atomic E-state index is 12.8. The second kappa shape index (κ2) is 24.5. The zero-order valence-corrected chi connectivity index (χ0v) is 45.0. The summed E-state index contributed by atoms with van der Waals surface area (Å²) in [5, 5.41) is 9.06. The number of rotatable bonds is 12. The molecule has 6 heterocycles. The van der Waals surface area contributed by atoms with Gasteiger partial charge in [-0.15, -0.1) is 0 Å². The molecule has 80 heavy (non-hydrogen) atoms. The molecule has 0 saturated carbocycles. The first-order valence-corrected chi connectivity index (χ1v) is 26.3. The van der Waals surface area contributed by atoms with E-state index in [9.17, 15) is 71.9 Å². The molecule has 6 fully saturated rings. The molecule has 0 bridgehead atoms. The van der Waals surface area contributed by atoms with Crippen LogP contribution in [0.1, 0.15) is 43.0 Å². The summed E-state index contributed by atoms with van der Waals surface area (Å²) >= 11 is 0. The van der Waals surface area contributed by atoms with Gasteiger partial charge < -0.3 is 38.9 Å². The van der Waals surface area contributed by atoms with Crippen molar-refractivity contribution < 1.29 is 91.2 Å². The fraction of sp³-hybridized carbons (Fsp3) is 0.692. The number of aryl methyl sites for hydroxylation is 2. The van der Waals surface area contributed by atoms with E-state index in [1.807, 2.05) is 73.6 Å². The van der Waals surface area contributed by atoms with Crippen molar-refractivity contribution in [3.8, 4) is 0 Å². The van der Waals surface area contributed by atoms with Gasteiger partial charge in [0.1, 0.15) is 5.60 Å². The summed E-state index contributed by atoms with van der Waals surface area (Å²) in [6.07, 6.45) is -34.6. The molecule has 4 atom stereocenters. The smallest absolute Gasteiger partial charge is 0.434 e. The number of amides is 2. The molecule has 0 aromatic heterocycles.